The van der Waals surface area contributed by atoms with Crippen LogP contribution in [0.3, 0.4) is 0 Å². The van der Waals surface area contributed by atoms with E-state index in [1.807, 2.05) is 19.2 Å². The van der Waals surface area contributed by atoms with Crippen molar-refractivity contribution in [1.82, 2.24) is 9.88 Å². The van der Waals surface area contributed by atoms with Crippen molar-refractivity contribution in [3.05, 3.63) is 24.0 Å². The molecule has 1 N–H and O–H groups in total. The number of hydrogen-bond donors (Lipinski definition) is 1. The van der Waals surface area contributed by atoms with Gasteiger partial charge in [0.2, 0.25) is 0 Å². The van der Waals surface area contributed by atoms with Crippen LogP contribution in [0.15, 0.2) is 18.3 Å². The second-order valence-corrected chi connectivity index (χ2v) is 4.91. The smallest absolute Gasteiger partial charge is 0.272 e. The fourth-order valence-corrected chi connectivity index (χ4v) is 1.92. The van der Waals surface area contributed by atoms with Crippen molar-refractivity contribution < 1.29 is 4.79 Å². The molecule has 1 rings (SSSR count). The van der Waals surface area contributed by atoms with E-state index < -0.39 is 0 Å². The number of aromatic nitrogens is 1. The maximum Gasteiger partial charge on any atom is 0.272 e. The Labute approximate surface area is 116 Å². The van der Waals surface area contributed by atoms with Crippen LogP contribution in [0.1, 0.15) is 50.5 Å². The molecular formula is C15H25N3O. The highest BCUT2D eigenvalue weighted by molar-refractivity contribution is 5.93. The topological polar surface area (TPSA) is 45.2 Å². The first-order valence-electron chi connectivity index (χ1n) is 7.07. The lowest BCUT2D eigenvalue weighted by molar-refractivity contribution is 0.0731. The molecule has 1 aromatic rings. The minimum atomic E-state index is -0.0129. The van der Waals surface area contributed by atoms with Crippen LogP contribution in [0.5, 0.6) is 0 Å². The predicted molar refractivity (Wildman–Crippen MR) is 79.5 cm³/mol. The number of nitrogens with one attached hydrogen (secondary N) is 1. The highest BCUT2D eigenvalue weighted by Gasteiger charge is 2.18. The van der Waals surface area contributed by atoms with Crippen LogP contribution in [-0.2, 0) is 0 Å². The van der Waals surface area contributed by atoms with Crippen molar-refractivity contribution in [3.63, 3.8) is 0 Å². The average molecular weight is 263 g/mol. The Morgan fingerprint density at radius 3 is 2.79 bits per heavy atom. The van der Waals surface area contributed by atoms with Crippen LogP contribution in [0.25, 0.3) is 0 Å². The number of hydrogen-bond acceptors (Lipinski definition) is 3. The van der Waals surface area contributed by atoms with Crippen molar-refractivity contribution in [2.75, 3.05) is 18.9 Å². The Morgan fingerprint density at radius 1 is 1.42 bits per heavy atom. The van der Waals surface area contributed by atoms with Crippen molar-refractivity contribution in [1.29, 1.82) is 0 Å². The Bertz CT molecular complexity index is 406. The number of nitrogens with zero attached hydrogens (tertiary/aromatic N) is 2. The van der Waals surface area contributed by atoms with E-state index in [0.29, 0.717) is 5.69 Å². The lowest BCUT2D eigenvalue weighted by Crippen LogP contribution is -2.35. The quantitative estimate of drug-likeness (QED) is 0.822. The van der Waals surface area contributed by atoms with Gasteiger partial charge in [-0.05, 0) is 31.9 Å². The summed E-state index contributed by atoms with van der Waals surface area (Å²) in [6, 6.07) is 3.96. The fourth-order valence-electron chi connectivity index (χ4n) is 1.92. The molecule has 4 nitrogen and oxygen atoms in total. The first-order valence-corrected chi connectivity index (χ1v) is 7.07. The molecule has 1 amide bonds. The highest BCUT2D eigenvalue weighted by Crippen LogP contribution is 2.12. The zero-order chi connectivity index (χ0) is 14.3. The number of rotatable bonds is 7. The highest BCUT2D eigenvalue weighted by atomic mass is 16.2. The van der Waals surface area contributed by atoms with Gasteiger partial charge in [0, 0.05) is 31.5 Å². The molecule has 1 aromatic heterocycles. The summed E-state index contributed by atoms with van der Waals surface area (Å²) in [5, 5.41) is 3.27. The molecule has 0 saturated carbocycles. The van der Waals surface area contributed by atoms with Crippen molar-refractivity contribution in [2.24, 2.45) is 0 Å². The van der Waals surface area contributed by atoms with Gasteiger partial charge in [-0.1, -0.05) is 20.3 Å². The van der Waals surface area contributed by atoms with Gasteiger partial charge in [-0.25, -0.2) is 0 Å². The van der Waals surface area contributed by atoms with Crippen LogP contribution in [0, 0.1) is 0 Å². The molecule has 0 spiro atoms. The fraction of sp³-hybridized carbons (Fsp3) is 0.600. The summed E-state index contributed by atoms with van der Waals surface area (Å²) >= 11 is 0. The summed E-state index contributed by atoms with van der Waals surface area (Å²) in [6.07, 6.45) is 4.82. The van der Waals surface area contributed by atoms with Gasteiger partial charge in [0.1, 0.15) is 5.69 Å². The number of carbonyl (C=O) groups is 1. The molecule has 0 aliphatic heterocycles. The van der Waals surface area contributed by atoms with Crippen molar-refractivity contribution >= 4 is 11.6 Å². The summed E-state index contributed by atoms with van der Waals surface area (Å²) in [4.78, 5) is 18.3. The van der Waals surface area contributed by atoms with Crippen LogP contribution in [0.2, 0.25) is 0 Å². The van der Waals surface area contributed by atoms with E-state index in [1.165, 1.54) is 0 Å². The zero-order valence-electron chi connectivity index (χ0n) is 12.4. The molecule has 0 fully saturated rings. The first-order chi connectivity index (χ1) is 9.10. The van der Waals surface area contributed by atoms with Crippen molar-refractivity contribution in [2.45, 2.75) is 46.1 Å². The molecule has 1 unspecified atom stereocenters. The summed E-state index contributed by atoms with van der Waals surface area (Å²) in [6.45, 7) is 7.21. The molecule has 0 bridgehead atoms. The predicted octanol–water partition coefficient (Wildman–Crippen LogP) is 3.16. The van der Waals surface area contributed by atoms with Gasteiger partial charge >= 0.3 is 0 Å². The lowest BCUT2D eigenvalue weighted by Gasteiger charge is -2.24. The second-order valence-electron chi connectivity index (χ2n) is 4.91. The maximum atomic E-state index is 12.3. The monoisotopic (exact) mass is 263 g/mol. The van der Waals surface area contributed by atoms with Gasteiger partial charge < -0.3 is 10.2 Å². The van der Waals surface area contributed by atoms with Gasteiger partial charge in [-0.15, -0.1) is 0 Å². The number of carbonyl (C=O) groups excluding carboxylic acids is 1. The van der Waals surface area contributed by atoms with Crippen LogP contribution < -0.4 is 5.32 Å². The Hall–Kier alpha value is -1.58. The summed E-state index contributed by atoms with van der Waals surface area (Å²) < 4.78 is 0. The van der Waals surface area contributed by atoms with Gasteiger partial charge in [0.05, 0.1) is 0 Å². The zero-order valence-corrected chi connectivity index (χ0v) is 12.4. The maximum absolute atomic E-state index is 12.3. The number of amides is 1. The molecule has 0 aliphatic carbocycles. The number of pyridine rings is 1. The van der Waals surface area contributed by atoms with Crippen LogP contribution in [0.4, 0.5) is 5.69 Å². The standard InChI is InChI=1S/C15H25N3O/c1-5-7-12(3)18(4)15(19)14-11-13(8-10-17-14)16-9-6-2/h8,10-12H,5-7,9H2,1-4H3,(H,16,17). The molecule has 106 valence electrons. The molecule has 0 aliphatic rings. The Kier molecular flexibility index (Phi) is 6.33. The number of anilines is 1. The lowest BCUT2D eigenvalue weighted by atomic mass is 10.1. The van der Waals surface area contributed by atoms with Gasteiger partial charge in [-0.2, -0.15) is 0 Å². The molecule has 1 heterocycles. The first kappa shape index (κ1) is 15.5. The van der Waals surface area contributed by atoms with E-state index in [1.54, 1.807) is 11.1 Å². The average Bonchev–Trinajstić information content (AvgIpc) is 2.44. The molecule has 0 radical (unpaired) electrons. The summed E-state index contributed by atoms with van der Waals surface area (Å²) in [5.74, 6) is -0.0129. The molecule has 0 aromatic carbocycles. The summed E-state index contributed by atoms with van der Waals surface area (Å²) in [5.41, 5.74) is 1.46. The molecule has 1 atom stereocenters. The van der Waals surface area contributed by atoms with Crippen LogP contribution in [-0.4, -0.2) is 35.4 Å². The van der Waals surface area contributed by atoms with E-state index in [2.05, 4.69) is 31.1 Å². The van der Waals surface area contributed by atoms with E-state index in [4.69, 9.17) is 0 Å². The van der Waals surface area contributed by atoms with E-state index in [0.717, 1.165) is 31.5 Å². The van der Waals surface area contributed by atoms with Crippen LogP contribution >= 0.6 is 0 Å². The largest absolute Gasteiger partial charge is 0.385 e. The molecular weight excluding hydrogens is 238 g/mol. The Balaban J connectivity index is 2.75. The molecule has 19 heavy (non-hydrogen) atoms. The summed E-state index contributed by atoms with van der Waals surface area (Å²) in [7, 11) is 1.84. The van der Waals surface area contributed by atoms with E-state index in [9.17, 15) is 4.79 Å². The second kappa shape index (κ2) is 7.77. The normalized spacial score (nSPS) is 12.0. The van der Waals surface area contributed by atoms with Gasteiger partial charge in [0.25, 0.3) is 5.91 Å². The van der Waals surface area contributed by atoms with Gasteiger partial charge in [0.15, 0.2) is 0 Å². The van der Waals surface area contributed by atoms with E-state index >= 15 is 0 Å². The van der Waals surface area contributed by atoms with Crippen molar-refractivity contribution in [3.8, 4) is 0 Å². The minimum absolute atomic E-state index is 0.0129. The van der Waals surface area contributed by atoms with Gasteiger partial charge in [-0.3, -0.25) is 9.78 Å². The molecule has 4 heteroatoms. The van der Waals surface area contributed by atoms with E-state index in [-0.39, 0.29) is 11.9 Å². The third-order valence-electron chi connectivity index (χ3n) is 3.25. The molecule has 0 saturated heterocycles. The third kappa shape index (κ3) is 4.54. The minimum Gasteiger partial charge on any atom is -0.385 e. The SMILES string of the molecule is CCCNc1ccnc(C(=O)N(C)C(C)CCC)c1. The third-order valence-corrected chi connectivity index (χ3v) is 3.25. The Morgan fingerprint density at radius 2 is 2.16 bits per heavy atom.